The number of hydrogen-bond acceptors (Lipinski definition) is 1. The third-order valence-corrected chi connectivity index (χ3v) is 2.81. The van der Waals surface area contributed by atoms with E-state index in [9.17, 15) is 13.2 Å². The van der Waals surface area contributed by atoms with Gasteiger partial charge in [0.2, 0.25) is 0 Å². The highest BCUT2D eigenvalue weighted by Crippen LogP contribution is 2.33. The predicted molar refractivity (Wildman–Crippen MR) is 58.8 cm³/mol. The van der Waals surface area contributed by atoms with E-state index in [1.54, 1.807) is 25.1 Å². The highest BCUT2D eigenvalue weighted by atomic mass is 19.4. The largest absolute Gasteiger partial charge is 0.431 e. The van der Waals surface area contributed by atoms with Crippen LogP contribution in [0.2, 0.25) is 0 Å². The first-order valence-electron chi connectivity index (χ1n) is 5.23. The van der Waals surface area contributed by atoms with Crippen LogP contribution in [0.25, 0.3) is 10.9 Å². The number of aliphatic hydroxyl groups excluding tert-OH is 1. The van der Waals surface area contributed by atoms with E-state index in [0.29, 0.717) is 10.9 Å². The van der Waals surface area contributed by atoms with Gasteiger partial charge in [0.25, 0.3) is 0 Å². The Labute approximate surface area is 96.1 Å². The molecule has 1 aromatic carbocycles. The van der Waals surface area contributed by atoms with Crippen LogP contribution in [0.1, 0.15) is 24.1 Å². The topological polar surface area (TPSA) is 36.0 Å². The summed E-state index contributed by atoms with van der Waals surface area (Å²) in [6.45, 7) is 1.68. The van der Waals surface area contributed by atoms with Gasteiger partial charge in [-0.05, 0) is 17.7 Å². The first-order valence-corrected chi connectivity index (χ1v) is 5.23. The van der Waals surface area contributed by atoms with E-state index >= 15 is 0 Å². The quantitative estimate of drug-likeness (QED) is 0.834. The molecule has 1 atom stereocenters. The highest BCUT2D eigenvalue weighted by molar-refractivity contribution is 5.84. The molecular weight excluding hydrogens is 231 g/mol. The molecule has 0 fully saturated rings. The first-order chi connectivity index (χ1) is 7.93. The minimum absolute atomic E-state index is 0.0916. The molecule has 2 N–H and O–H groups in total. The lowest BCUT2D eigenvalue weighted by Gasteiger charge is -2.09. The molecule has 1 unspecified atom stereocenters. The van der Waals surface area contributed by atoms with Crippen LogP contribution in [0.4, 0.5) is 13.2 Å². The van der Waals surface area contributed by atoms with Crippen molar-refractivity contribution < 1.29 is 18.3 Å². The fraction of sp³-hybridized carbons (Fsp3) is 0.333. The van der Waals surface area contributed by atoms with Crippen molar-refractivity contribution in [3.63, 3.8) is 0 Å². The fourth-order valence-electron chi connectivity index (χ4n) is 1.86. The van der Waals surface area contributed by atoms with E-state index in [0.717, 1.165) is 11.6 Å². The molecular formula is C12H12F3NO. The Hall–Kier alpha value is -1.49. The Morgan fingerprint density at radius 3 is 2.65 bits per heavy atom. The summed E-state index contributed by atoms with van der Waals surface area (Å²) in [7, 11) is 0. The molecule has 17 heavy (non-hydrogen) atoms. The molecule has 1 heterocycles. The van der Waals surface area contributed by atoms with E-state index < -0.39 is 11.9 Å². The van der Waals surface area contributed by atoms with Crippen molar-refractivity contribution in [1.29, 1.82) is 0 Å². The lowest BCUT2D eigenvalue weighted by molar-refractivity contribution is -0.140. The Balaban J connectivity index is 2.61. The maximum absolute atomic E-state index is 12.6. The third-order valence-electron chi connectivity index (χ3n) is 2.81. The third kappa shape index (κ3) is 2.15. The number of H-pyrrole nitrogens is 1. The average Bonchev–Trinajstić information content (AvgIpc) is 2.71. The molecule has 0 saturated carbocycles. The molecule has 1 aromatic heterocycles. The second-order valence-electron chi connectivity index (χ2n) is 4.07. The van der Waals surface area contributed by atoms with Crippen LogP contribution >= 0.6 is 0 Å². The van der Waals surface area contributed by atoms with Crippen LogP contribution in [0, 0.1) is 0 Å². The fourth-order valence-corrected chi connectivity index (χ4v) is 1.86. The van der Waals surface area contributed by atoms with Crippen molar-refractivity contribution in [3.05, 3.63) is 35.5 Å². The van der Waals surface area contributed by atoms with Gasteiger partial charge in [-0.3, -0.25) is 0 Å². The normalized spacial score (nSPS) is 14.2. The van der Waals surface area contributed by atoms with Gasteiger partial charge >= 0.3 is 6.18 Å². The number of rotatable bonds is 2. The Bertz CT molecular complexity index is 530. The van der Waals surface area contributed by atoms with E-state index in [4.69, 9.17) is 5.11 Å². The summed E-state index contributed by atoms with van der Waals surface area (Å²) in [6.07, 6.45) is -4.38. The maximum Gasteiger partial charge on any atom is 0.431 e. The summed E-state index contributed by atoms with van der Waals surface area (Å²) in [5.74, 6) is -0.185. The molecule has 0 aliphatic heterocycles. The lowest BCUT2D eigenvalue weighted by atomic mass is 9.98. The van der Waals surface area contributed by atoms with Crippen molar-refractivity contribution in [3.8, 4) is 0 Å². The Kier molecular flexibility index (Phi) is 2.87. The highest BCUT2D eigenvalue weighted by Gasteiger charge is 2.32. The zero-order chi connectivity index (χ0) is 12.6. The first kappa shape index (κ1) is 12.0. The van der Waals surface area contributed by atoms with Gasteiger partial charge < -0.3 is 10.1 Å². The monoisotopic (exact) mass is 243 g/mol. The van der Waals surface area contributed by atoms with E-state index in [2.05, 4.69) is 4.98 Å². The smallest absolute Gasteiger partial charge is 0.396 e. The molecule has 0 amide bonds. The summed E-state index contributed by atoms with van der Waals surface area (Å²) in [5.41, 5.74) is 0.400. The number of aromatic amines is 1. The number of aliphatic hydroxyl groups is 1. The number of hydrogen-bond donors (Lipinski definition) is 2. The Morgan fingerprint density at radius 1 is 1.35 bits per heavy atom. The van der Waals surface area contributed by atoms with Crippen molar-refractivity contribution in [1.82, 2.24) is 4.98 Å². The summed E-state index contributed by atoms with van der Waals surface area (Å²) in [6, 6.07) is 6.10. The standard InChI is InChI=1S/C12H12F3NO/c1-7(6-17)8-3-2-4-10-9(8)5-11(16-10)12(13,14)15/h2-5,7,16-17H,6H2,1H3. The van der Waals surface area contributed by atoms with Crippen molar-refractivity contribution in [2.75, 3.05) is 6.61 Å². The van der Waals surface area contributed by atoms with Gasteiger partial charge in [0.05, 0.1) is 0 Å². The van der Waals surface area contributed by atoms with Gasteiger partial charge in [-0.25, -0.2) is 0 Å². The molecule has 92 valence electrons. The lowest BCUT2D eigenvalue weighted by Crippen LogP contribution is -2.04. The number of fused-ring (bicyclic) bond motifs is 1. The van der Waals surface area contributed by atoms with Crippen LogP contribution in [-0.2, 0) is 6.18 Å². The summed E-state index contributed by atoms with van der Waals surface area (Å²) in [5, 5.41) is 9.60. The van der Waals surface area contributed by atoms with Gasteiger partial charge in [-0.2, -0.15) is 13.2 Å². The molecule has 2 nitrogen and oxygen atoms in total. The molecule has 0 aliphatic rings. The molecule has 0 spiro atoms. The maximum atomic E-state index is 12.6. The second kappa shape index (κ2) is 4.07. The molecule has 2 aromatic rings. The van der Waals surface area contributed by atoms with Gasteiger partial charge in [0, 0.05) is 23.4 Å². The number of aromatic nitrogens is 1. The average molecular weight is 243 g/mol. The molecule has 0 saturated heterocycles. The number of halogens is 3. The van der Waals surface area contributed by atoms with Crippen LogP contribution in [0.15, 0.2) is 24.3 Å². The van der Waals surface area contributed by atoms with Crippen LogP contribution < -0.4 is 0 Å². The van der Waals surface area contributed by atoms with Crippen LogP contribution in [0.5, 0.6) is 0 Å². The zero-order valence-corrected chi connectivity index (χ0v) is 9.17. The van der Waals surface area contributed by atoms with E-state index in [-0.39, 0.29) is 12.5 Å². The summed E-state index contributed by atoms with van der Waals surface area (Å²) < 4.78 is 37.7. The minimum atomic E-state index is -4.38. The number of alkyl halides is 3. The minimum Gasteiger partial charge on any atom is -0.396 e. The van der Waals surface area contributed by atoms with Crippen molar-refractivity contribution in [2.45, 2.75) is 19.0 Å². The molecule has 0 bridgehead atoms. The Morgan fingerprint density at radius 2 is 2.06 bits per heavy atom. The van der Waals surface area contributed by atoms with Gasteiger partial charge in [-0.15, -0.1) is 0 Å². The molecule has 0 radical (unpaired) electrons. The second-order valence-corrected chi connectivity index (χ2v) is 4.07. The summed E-state index contributed by atoms with van der Waals surface area (Å²) in [4.78, 5) is 2.35. The number of nitrogens with one attached hydrogen (secondary N) is 1. The van der Waals surface area contributed by atoms with E-state index in [1.165, 1.54) is 0 Å². The SMILES string of the molecule is CC(CO)c1cccc2[nH]c(C(F)(F)F)cc12. The van der Waals surface area contributed by atoms with Crippen molar-refractivity contribution in [2.24, 2.45) is 0 Å². The van der Waals surface area contributed by atoms with Crippen molar-refractivity contribution >= 4 is 10.9 Å². The van der Waals surface area contributed by atoms with Crippen LogP contribution in [0.3, 0.4) is 0 Å². The molecule has 0 aliphatic carbocycles. The van der Waals surface area contributed by atoms with Gasteiger partial charge in [-0.1, -0.05) is 19.1 Å². The van der Waals surface area contributed by atoms with E-state index in [1.807, 2.05) is 0 Å². The van der Waals surface area contributed by atoms with Gasteiger partial charge in [0.15, 0.2) is 0 Å². The van der Waals surface area contributed by atoms with Gasteiger partial charge in [0.1, 0.15) is 5.69 Å². The molecule has 2 rings (SSSR count). The molecule has 5 heteroatoms. The number of benzene rings is 1. The predicted octanol–water partition coefficient (Wildman–Crippen LogP) is 3.28. The zero-order valence-electron chi connectivity index (χ0n) is 9.17. The summed E-state index contributed by atoms with van der Waals surface area (Å²) >= 11 is 0. The van der Waals surface area contributed by atoms with Crippen LogP contribution in [-0.4, -0.2) is 16.7 Å².